The van der Waals surface area contributed by atoms with Crippen LogP contribution in [-0.2, 0) is 14.3 Å². The highest BCUT2D eigenvalue weighted by Gasteiger charge is 2.14. The van der Waals surface area contributed by atoms with Gasteiger partial charge in [0.1, 0.15) is 5.15 Å². The van der Waals surface area contributed by atoms with Gasteiger partial charge < -0.3 is 10.1 Å². The monoisotopic (exact) mass is 389 g/mol. The summed E-state index contributed by atoms with van der Waals surface area (Å²) in [5.41, 5.74) is 2.12. The quantitative estimate of drug-likeness (QED) is 0.580. The molecule has 1 heterocycles. The van der Waals surface area contributed by atoms with E-state index >= 15 is 0 Å². The number of aryl methyl sites for hydroxylation is 1. The molecule has 6 nitrogen and oxygen atoms in total. The number of rotatable bonds is 7. The van der Waals surface area contributed by atoms with Gasteiger partial charge >= 0.3 is 5.97 Å². The minimum atomic E-state index is -0.620. The molecule has 0 saturated carbocycles. The maximum Gasteiger partial charge on any atom is 0.331 e. The SMILES string of the molecule is Cc1nn(-c2ccccc2)c(Cl)c1/C=C/C(=O)OCC(=O)NC(C)C(C)C. The molecule has 1 atom stereocenters. The van der Waals surface area contributed by atoms with Crippen molar-refractivity contribution in [1.82, 2.24) is 15.1 Å². The first-order chi connectivity index (χ1) is 12.8. The van der Waals surface area contributed by atoms with Crippen LogP contribution in [0, 0.1) is 12.8 Å². The van der Waals surface area contributed by atoms with E-state index in [0.29, 0.717) is 22.3 Å². The molecular formula is C20H24ClN3O3. The smallest absolute Gasteiger partial charge is 0.331 e. The molecule has 27 heavy (non-hydrogen) atoms. The summed E-state index contributed by atoms with van der Waals surface area (Å²) in [4.78, 5) is 23.6. The number of hydrogen-bond acceptors (Lipinski definition) is 4. The summed E-state index contributed by atoms with van der Waals surface area (Å²) in [6.45, 7) is 7.38. The molecule has 2 aromatic rings. The second kappa shape index (κ2) is 9.37. The van der Waals surface area contributed by atoms with Crippen molar-refractivity contribution in [2.75, 3.05) is 6.61 Å². The molecule has 1 N–H and O–H groups in total. The van der Waals surface area contributed by atoms with Crippen LogP contribution >= 0.6 is 11.6 Å². The lowest BCUT2D eigenvalue weighted by molar-refractivity contribution is -0.144. The molecule has 1 unspecified atom stereocenters. The fourth-order valence-corrected chi connectivity index (χ4v) is 2.57. The molecule has 0 aliphatic rings. The number of amides is 1. The molecule has 7 heteroatoms. The number of esters is 1. The molecule has 1 amide bonds. The largest absolute Gasteiger partial charge is 0.452 e. The molecule has 2 rings (SSSR count). The van der Waals surface area contributed by atoms with Crippen LogP contribution in [0.5, 0.6) is 0 Å². The van der Waals surface area contributed by atoms with E-state index in [4.69, 9.17) is 16.3 Å². The first-order valence-electron chi connectivity index (χ1n) is 8.74. The third-order valence-electron chi connectivity index (χ3n) is 4.17. The summed E-state index contributed by atoms with van der Waals surface area (Å²) in [6, 6.07) is 9.47. The molecule has 0 fully saturated rings. The number of carbonyl (C=O) groups excluding carboxylic acids is 2. The molecule has 1 aromatic carbocycles. The van der Waals surface area contributed by atoms with E-state index < -0.39 is 5.97 Å². The highest BCUT2D eigenvalue weighted by molar-refractivity contribution is 6.31. The van der Waals surface area contributed by atoms with Gasteiger partial charge in [0.15, 0.2) is 6.61 Å². The van der Waals surface area contributed by atoms with Crippen LogP contribution in [0.15, 0.2) is 36.4 Å². The predicted octanol–water partition coefficient (Wildman–Crippen LogP) is 3.55. The first kappa shape index (κ1) is 20.7. The standard InChI is InChI=1S/C20H24ClN3O3/c1-13(2)14(3)22-18(25)12-27-19(26)11-10-17-15(4)23-24(20(17)21)16-8-6-5-7-9-16/h5-11,13-14H,12H2,1-4H3,(H,22,25)/b11-10+. The topological polar surface area (TPSA) is 73.2 Å². The van der Waals surface area contributed by atoms with Gasteiger partial charge in [-0.3, -0.25) is 4.79 Å². The zero-order chi connectivity index (χ0) is 20.0. The molecule has 0 aliphatic heterocycles. The Morgan fingerprint density at radius 3 is 2.56 bits per heavy atom. The van der Waals surface area contributed by atoms with E-state index in [2.05, 4.69) is 10.4 Å². The number of halogens is 1. The van der Waals surface area contributed by atoms with Gasteiger partial charge in [0.05, 0.1) is 11.4 Å². The summed E-state index contributed by atoms with van der Waals surface area (Å²) >= 11 is 6.39. The average molecular weight is 390 g/mol. The van der Waals surface area contributed by atoms with Gasteiger partial charge in [0.25, 0.3) is 5.91 Å². The Morgan fingerprint density at radius 1 is 1.26 bits per heavy atom. The lowest BCUT2D eigenvalue weighted by Gasteiger charge is -2.16. The second-order valence-electron chi connectivity index (χ2n) is 6.58. The Morgan fingerprint density at radius 2 is 1.93 bits per heavy atom. The minimum absolute atomic E-state index is 0.0111. The van der Waals surface area contributed by atoms with Crippen LogP contribution in [0.4, 0.5) is 0 Å². The highest BCUT2D eigenvalue weighted by atomic mass is 35.5. The van der Waals surface area contributed by atoms with Crippen LogP contribution in [0.2, 0.25) is 5.15 Å². The Bertz CT molecular complexity index is 828. The summed E-state index contributed by atoms with van der Waals surface area (Å²) in [6.07, 6.45) is 2.78. The molecule has 0 aliphatic carbocycles. The maximum absolute atomic E-state index is 11.9. The van der Waals surface area contributed by atoms with E-state index in [1.54, 1.807) is 17.7 Å². The Balaban J connectivity index is 1.99. The van der Waals surface area contributed by atoms with Crippen LogP contribution < -0.4 is 5.32 Å². The van der Waals surface area contributed by atoms with Gasteiger partial charge in [0.2, 0.25) is 0 Å². The van der Waals surface area contributed by atoms with Crippen LogP contribution in [0.25, 0.3) is 11.8 Å². The molecular weight excluding hydrogens is 366 g/mol. The van der Waals surface area contributed by atoms with Crippen molar-refractivity contribution in [2.24, 2.45) is 5.92 Å². The molecule has 0 bridgehead atoms. The zero-order valence-corrected chi connectivity index (χ0v) is 16.7. The van der Waals surface area contributed by atoms with E-state index in [9.17, 15) is 9.59 Å². The third-order valence-corrected chi connectivity index (χ3v) is 4.53. The van der Waals surface area contributed by atoms with Crippen LogP contribution in [0.3, 0.4) is 0 Å². The average Bonchev–Trinajstić information content (AvgIpc) is 2.92. The molecule has 0 radical (unpaired) electrons. The van der Waals surface area contributed by atoms with Gasteiger partial charge in [-0.2, -0.15) is 5.10 Å². The zero-order valence-electron chi connectivity index (χ0n) is 15.9. The predicted molar refractivity (Wildman–Crippen MR) is 106 cm³/mol. The molecule has 0 spiro atoms. The van der Waals surface area contributed by atoms with Crippen molar-refractivity contribution in [2.45, 2.75) is 33.7 Å². The number of hydrogen-bond donors (Lipinski definition) is 1. The van der Waals surface area contributed by atoms with Gasteiger partial charge in [-0.05, 0) is 38.0 Å². The first-order valence-corrected chi connectivity index (χ1v) is 9.12. The fourth-order valence-electron chi connectivity index (χ4n) is 2.24. The van der Waals surface area contributed by atoms with Gasteiger partial charge in [-0.15, -0.1) is 0 Å². The summed E-state index contributed by atoms with van der Waals surface area (Å²) in [7, 11) is 0. The lowest BCUT2D eigenvalue weighted by atomic mass is 10.1. The van der Waals surface area contributed by atoms with E-state index in [0.717, 1.165) is 5.69 Å². The maximum atomic E-state index is 11.9. The summed E-state index contributed by atoms with van der Waals surface area (Å²) in [5, 5.41) is 7.57. The number of ether oxygens (including phenoxy) is 1. The number of para-hydroxylation sites is 1. The van der Waals surface area contributed by atoms with Crippen molar-refractivity contribution < 1.29 is 14.3 Å². The number of carbonyl (C=O) groups is 2. The third kappa shape index (κ3) is 5.69. The van der Waals surface area contributed by atoms with E-state index in [1.165, 1.54) is 6.08 Å². The van der Waals surface area contributed by atoms with Crippen molar-refractivity contribution in [3.05, 3.63) is 52.8 Å². The normalized spacial score (nSPS) is 12.4. The van der Waals surface area contributed by atoms with Crippen molar-refractivity contribution in [3.8, 4) is 5.69 Å². The summed E-state index contributed by atoms with van der Waals surface area (Å²) in [5.74, 6) is -0.648. The lowest BCUT2D eigenvalue weighted by Crippen LogP contribution is -2.38. The van der Waals surface area contributed by atoms with Crippen molar-refractivity contribution in [1.29, 1.82) is 0 Å². The number of nitrogens with one attached hydrogen (secondary N) is 1. The Labute approximate surface area is 164 Å². The number of nitrogens with zero attached hydrogens (tertiary/aromatic N) is 2. The van der Waals surface area contributed by atoms with E-state index in [1.807, 2.05) is 51.1 Å². The fraction of sp³-hybridized carbons (Fsp3) is 0.350. The van der Waals surface area contributed by atoms with Gasteiger partial charge in [0, 0.05) is 17.7 Å². The molecule has 0 saturated heterocycles. The van der Waals surface area contributed by atoms with Crippen molar-refractivity contribution >= 4 is 29.6 Å². The summed E-state index contributed by atoms with van der Waals surface area (Å²) < 4.78 is 6.57. The molecule has 144 valence electrons. The minimum Gasteiger partial charge on any atom is -0.452 e. The van der Waals surface area contributed by atoms with Gasteiger partial charge in [-0.1, -0.05) is 43.6 Å². The van der Waals surface area contributed by atoms with Crippen LogP contribution in [0.1, 0.15) is 32.0 Å². The second-order valence-corrected chi connectivity index (χ2v) is 6.94. The Hall–Kier alpha value is -2.60. The number of aromatic nitrogens is 2. The molecule has 1 aromatic heterocycles. The Kier molecular flexibility index (Phi) is 7.19. The van der Waals surface area contributed by atoms with E-state index in [-0.39, 0.29) is 18.6 Å². The number of benzene rings is 1. The highest BCUT2D eigenvalue weighted by Crippen LogP contribution is 2.24. The van der Waals surface area contributed by atoms with Gasteiger partial charge in [-0.25, -0.2) is 9.48 Å². The van der Waals surface area contributed by atoms with Crippen molar-refractivity contribution in [3.63, 3.8) is 0 Å². The van der Waals surface area contributed by atoms with Crippen LogP contribution in [-0.4, -0.2) is 34.3 Å².